The van der Waals surface area contributed by atoms with Gasteiger partial charge in [-0.25, -0.2) is 4.79 Å². The summed E-state index contributed by atoms with van der Waals surface area (Å²) in [5.74, 6) is -1.04. The van der Waals surface area contributed by atoms with Crippen LogP contribution in [0.5, 0.6) is 0 Å². The van der Waals surface area contributed by atoms with Crippen molar-refractivity contribution in [2.45, 2.75) is 13.0 Å². The Morgan fingerprint density at radius 2 is 1.78 bits per heavy atom. The first-order chi connectivity index (χ1) is 11.0. The summed E-state index contributed by atoms with van der Waals surface area (Å²) in [5.41, 5.74) is 3.36. The van der Waals surface area contributed by atoms with Crippen LogP contribution in [-0.4, -0.2) is 35.8 Å². The monoisotopic (exact) mass is 308 g/mol. The summed E-state index contributed by atoms with van der Waals surface area (Å²) in [6.45, 7) is 1.76. The molecule has 1 atom stereocenters. The van der Waals surface area contributed by atoms with Crippen LogP contribution in [0.3, 0.4) is 0 Å². The van der Waals surface area contributed by atoms with Gasteiger partial charge in [-0.2, -0.15) is 0 Å². The van der Waals surface area contributed by atoms with E-state index in [-0.39, 0.29) is 11.5 Å². The zero-order valence-corrected chi connectivity index (χ0v) is 12.9. The number of aromatic carboxylic acids is 1. The third-order valence-electron chi connectivity index (χ3n) is 3.94. The standard InChI is InChI=1S/C18H16N2O3/c1-11-17(21)20(2)15-6-4-3-5-14(15)16(19-11)12-7-9-13(10-8-12)18(22)23/h3-11H,1-2H3,(H,22,23). The predicted octanol–water partition coefficient (Wildman–Crippen LogP) is 2.59. The van der Waals surface area contributed by atoms with Gasteiger partial charge in [0.1, 0.15) is 6.04 Å². The Morgan fingerprint density at radius 1 is 1.13 bits per heavy atom. The van der Waals surface area contributed by atoms with Gasteiger partial charge in [0.2, 0.25) is 0 Å². The SMILES string of the molecule is CC1N=C(c2ccc(C(=O)O)cc2)c2ccccc2N(C)C1=O. The number of amides is 1. The number of carboxylic acids is 1. The highest BCUT2D eigenvalue weighted by molar-refractivity contribution is 6.20. The molecule has 0 saturated carbocycles. The number of fused-ring (bicyclic) bond motifs is 1. The van der Waals surface area contributed by atoms with E-state index >= 15 is 0 Å². The number of rotatable bonds is 2. The van der Waals surface area contributed by atoms with E-state index in [9.17, 15) is 9.59 Å². The Bertz CT molecular complexity index is 809. The minimum atomic E-state index is -0.969. The molecule has 116 valence electrons. The molecular formula is C18H16N2O3. The molecule has 23 heavy (non-hydrogen) atoms. The highest BCUT2D eigenvalue weighted by atomic mass is 16.4. The molecule has 0 aliphatic carbocycles. The van der Waals surface area contributed by atoms with Crippen LogP contribution in [0, 0.1) is 0 Å². The Hall–Kier alpha value is -2.95. The number of aliphatic imine (C=N–C) groups is 1. The van der Waals surface area contributed by atoms with Crippen molar-refractivity contribution in [3.8, 4) is 0 Å². The van der Waals surface area contributed by atoms with Crippen LogP contribution in [0.4, 0.5) is 5.69 Å². The smallest absolute Gasteiger partial charge is 0.335 e. The van der Waals surface area contributed by atoms with Crippen LogP contribution in [0.1, 0.15) is 28.4 Å². The second-order valence-electron chi connectivity index (χ2n) is 5.45. The van der Waals surface area contributed by atoms with Crippen molar-refractivity contribution >= 4 is 23.3 Å². The lowest BCUT2D eigenvalue weighted by Gasteiger charge is -2.18. The van der Waals surface area contributed by atoms with Gasteiger partial charge in [0.05, 0.1) is 17.0 Å². The Kier molecular flexibility index (Phi) is 3.70. The summed E-state index contributed by atoms with van der Waals surface area (Å²) < 4.78 is 0. The number of likely N-dealkylation sites (N-methyl/N-ethyl adjacent to an activating group) is 1. The van der Waals surface area contributed by atoms with Crippen molar-refractivity contribution in [3.05, 3.63) is 65.2 Å². The van der Waals surface area contributed by atoms with Crippen molar-refractivity contribution in [3.63, 3.8) is 0 Å². The van der Waals surface area contributed by atoms with E-state index in [1.54, 1.807) is 43.1 Å². The van der Waals surface area contributed by atoms with Crippen LogP contribution in [-0.2, 0) is 4.79 Å². The van der Waals surface area contributed by atoms with Gasteiger partial charge in [-0.05, 0) is 25.1 Å². The third kappa shape index (κ3) is 2.61. The first kappa shape index (κ1) is 15.0. The maximum atomic E-state index is 12.4. The van der Waals surface area contributed by atoms with E-state index < -0.39 is 12.0 Å². The average molecular weight is 308 g/mol. The van der Waals surface area contributed by atoms with Gasteiger partial charge in [-0.3, -0.25) is 9.79 Å². The number of anilines is 1. The van der Waals surface area contributed by atoms with Crippen molar-refractivity contribution in [1.82, 2.24) is 0 Å². The van der Waals surface area contributed by atoms with E-state index in [2.05, 4.69) is 4.99 Å². The summed E-state index contributed by atoms with van der Waals surface area (Å²) in [4.78, 5) is 29.6. The summed E-state index contributed by atoms with van der Waals surface area (Å²) in [7, 11) is 1.74. The molecule has 0 saturated heterocycles. The number of carbonyl (C=O) groups excluding carboxylic acids is 1. The van der Waals surface area contributed by atoms with Gasteiger partial charge in [-0.15, -0.1) is 0 Å². The molecule has 1 aliphatic heterocycles. The minimum absolute atomic E-state index is 0.0744. The summed E-state index contributed by atoms with van der Waals surface area (Å²) >= 11 is 0. The molecule has 1 heterocycles. The first-order valence-electron chi connectivity index (χ1n) is 7.27. The van der Waals surface area contributed by atoms with E-state index in [4.69, 9.17) is 5.11 Å². The number of hydrogen-bond acceptors (Lipinski definition) is 3. The van der Waals surface area contributed by atoms with E-state index in [0.717, 1.165) is 16.8 Å². The van der Waals surface area contributed by atoms with Crippen molar-refractivity contribution in [1.29, 1.82) is 0 Å². The topological polar surface area (TPSA) is 70.0 Å². The van der Waals surface area contributed by atoms with E-state index in [1.165, 1.54) is 0 Å². The van der Waals surface area contributed by atoms with Crippen molar-refractivity contribution in [2.75, 3.05) is 11.9 Å². The van der Waals surface area contributed by atoms with E-state index in [1.807, 2.05) is 24.3 Å². The molecule has 2 aromatic rings. The van der Waals surface area contributed by atoms with Gasteiger partial charge in [0.15, 0.2) is 0 Å². The van der Waals surface area contributed by atoms with Gasteiger partial charge in [0.25, 0.3) is 5.91 Å². The molecule has 3 rings (SSSR count). The largest absolute Gasteiger partial charge is 0.478 e. The predicted molar refractivity (Wildman–Crippen MR) is 88.4 cm³/mol. The number of hydrogen-bond donors (Lipinski definition) is 1. The third-order valence-corrected chi connectivity index (χ3v) is 3.94. The number of nitrogens with zero attached hydrogens (tertiary/aromatic N) is 2. The second-order valence-corrected chi connectivity index (χ2v) is 5.45. The molecule has 1 amide bonds. The van der Waals surface area contributed by atoms with Gasteiger partial charge in [0, 0.05) is 18.2 Å². The van der Waals surface area contributed by atoms with Crippen LogP contribution in [0.25, 0.3) is 0 Å². The van der Waals surface area contributed by atoms with Crippen LogP contribution in [0.15, 0.2) is 53.5 Å². The molecule has 2 aromatic carbocycles. The van der Waals surface area contributed by atoms with Gasteiger partial charge < -0.3 is 10.0 Å². The van der Waals surface area contributed by atoms with Crippen molar-refractivity contribution in [2.24, 2.45) is 4.99 Å². The number of carbonyl (C=O) groups is 2. The Balaban J connectivity index is 2.16. The lowest BCUT2D eigenvalue weighted by molar-refractivity contribution is -0.119. The molecule has 0 aromatic heterocycles. The molecular weight excluding hydrogens is 292 g/mol. The molecule has 5 nitrogen and oxygen atoms in total. The summed E-state index contributed by atoms with van der Waals surface area (Å²) in [6.07, 6.45) is 0. The first-order valence-corrected chi connectivity index (χ1v) is 7.27. The van der Waals surface area contributed by atoms with Gasteiger partial charge in [-0.1, -0.05) is 30.3 Å². The lowest BCUT2D eigenvalue weighted by Crippen LogP contribution is -2.32. The lowest BCUT2D eigenvalue weighted by atomic mass is 9.99. The second kappa shape index (κ2) is 5.68. The van der Waals surface area contributed by atoms with Gasteiger partial charge >= 0.3 is 5.97 Å². The molecule has 1 unspecified atom stereocenters. The summed E-state index contributed by atoms with van der Waals surface area (Å²) in [6, 6.07) is 13.6. The molecule has 0 fully saturated rings. The zero-order chi connectivity index (χ0) is 16.6. The molecule has 1 aliphatic rings. The fraction of sp³-hybridized carbons (Fsp3) is 0.167. The number of benzodiazepines with no additional fused rings is 1. The average Bonchev–Trinajstić information content (AvgIpc) is 2.66. The zero-order valence-electron chi connectivity index (χ0n) is 12.9. The minimum Gasteiger partial charge on any atom is -0.478 e. The van der Waals surface area contributed by atoms with Crippen LogP contribution < -0.4 is 4.90 Å². The summed E-state index contributed by atoms with van der Waals surface area (Å²) in [5, 5.41) is 9.02. The van der Waals surface area contributed by atoms with Crippen LogP contribution in [0.2, 0.25) is 0 Å². The fourth-order valence-corrected chi connectivity index (χ4v) is 2.68. The van der Waals surface area contributed by atoms with Crippen LogP contribution >= 0.6 is 0 Å². The molecule has 1 N–H and O–H groups in total. The van der Waals surface area contributed by atoms with E-state index in [0.29, 0.717) is 5.71 Å². The van der Waals surface area contributed by atoms with Crippen molar-refractivity contribution < 1.29 is 14.7 Å². The molecule has 0 radical (unpaired) electrons. The number of carboxylic acid groups (broad SMARTS) is 1. The maximum absolute atomic E-state index is 12.4. The molecule has 0 bridgehead atoms. The highest BCUT2D eigenvalue weighted by Gasteiger charge is 2.26. The number of para-hydroxylation sites is 1. The maximum Gasteiger partial charge on any atom is 0.335 e. The molecule has 5 heteroatoms. The normalized spacial score (nSPS) is 17.3. The quantitative estimate of drug-likeness (QED) is 0.927. The fourth-order valence-electron chi connectivity index (χ4n) is 2.68. The molecule has 0 spiro atoms. The Morgan fingerprint density at radius 3 is 2.43 bits per heavy atom. The number of benzene rings is 2. The Labute approximate surface area is 133 Å². The highest BCUT2D eigenvalue weighted by Crippen LogP contribution is 2.27.